The van der Waals surface area contributed by atoms with Crippen LogP contribution in [0.2, 0.25) is 0 Å². The third kappa shape index (κ3) is 4.52. The van der Waals surface area contributed by atoms with Gasteiger partial charge >= 0.3 is 6.03 Å². The number of urea groups is 1. The van der Waals surface area contributed by atoms with Crippen LogP contribution in [0.5, 0.6) is 0 Å². The fraction of sp³-hybridized carbons (Fsp3) is 0.176. The zero-order chi connectivity index (χ0) is 20.3. The molecule has 0 fully saturated rings. The molecule has 0 spiro atoms. The first-order valence-corrected chi connectivity index (χ1v) is 7.58. The largest absolute Gasteiger partial charge is 0.331 e. The summed E-state index contributed by atoms with van der Waals surface area (Å²) in [7, 11) is 0. The highest BCUT2D eigenvalue weighted by Gasteiger charge is 2.27. The lowest BCUT2D eigenvalue weighted by atomic mass is 10.1. The third-order valence-electron chi connectivity index (χ3n) is 3.50. The highest BCUT2D eigenvalue weighted by molar-refractivity contribution is 5.90. The van der Waals surface area contributed by atoms with Crippen LogP contribution in [0.3, 0.4) is 0 Å². The molecule has 0 aliphatic rings. The van der Waals surface area contributed by atoms with Crippen molar-refractivity contribution in [2.24, 2.45) is 0 Å². The van der Waals surface area contributed by atoms with Crippen molar-refractivity contribution in [1.29, 1.82) is 0 Å². The maximum atomic E-state index is 13.6. The van der Waals surface area contributed by atoms with Crippen LogP contribution in [0.1, 0.15) is 25.5 Å². The molecule has 3 N–H and O–H groups in total. The molecular weight excluding hydrogens is 373 g/mol. The molecule has 0 saturated heterocycles. The van der Waals surface area contributed by atoms with Crippen LogP contribution in [-0.4, -0.2) is 11.9 Å². The van der Waals surface area contributed by atoms with Crippen LogP contribution in [0.25, 0.3) is 0 Å². The molecule has 5 nitrogen and oxygen atoms in total. The van der Waals surface area contributed by atoms with Gasteiger partial charge in [-0.3, -0.25) is 4.79 Å². The molecule has 0 radical (unpaired) electrons. The predicted octanol–water partition coefficient (Wildman–Crippen LogP) is 4.22. The molecule has 2 aromatic rings. The molecule has 3 amide bonds. The van der Waals surface area contributed by atoms with E-state index in [9.17, 15) is 31.5 Å². The second kappa shape index (κ2) is 8.02. The molecule has 0 bridgehead atoms. The van der Waals surface area contributed by atoms with E-state index in [2.05, 4.69) is 10.6 Å². The molecule has 27 heavy (non-hydrogen) atoms. The first kappa shape index (κ1) is 20.1. The standard InChI is InChI=1S/C17H14F5N3O2/c1-7(9-4-3-5-10(6-9)24-8(2)26)23-17(27)25-16-14(21)12(19)11(18)13(20)15(16)22/h3-7H,1-2H3,(H,24,26)(H2,23,25,27). The lowest BCUT2D eigenvalue weighted by Gasteiger charge is -2.17. The minimum Gasteiger partial charge on any atom is -0.331 e. The number of hydrogen-bond acceptors (Lipinski definition) is 2. The van der Waals surface area contributed by atoms with Crippen molar-refractivity contribution < 1.29 is 31.5 Å². The highest BCUT2D eigenvalue weighted by atomic mass is 19.2. The fourth-order valence-electron chi connectivity index (χ4n) is 2.23. The normalized spacial score (nSPS) is 11.7. The summed E-state index contributed by atoms with van der Waals surface area (Å²) in [6.45, 7) is 2.83. The number of anilines is 2. The van der Waals surface area contributed by atoms with E-state index >= 15 is 0 Å². The molecule has 10 heteroatoms. The summed E-state index contributed by atoms with van der Waals surface area (Å²) in [6, 6.07) is 4.46. The van der Waals surface area contributed by atoms with Crippen LogP contribution in [0.15, 0.2) is 24.3 Å². The van der Waals surface area contributed by atoms with Gasteiger partial charge in [0.25, 0.3) is 0 Å². The number of carbonyl (C=O) groups is 2. The fourth-order valence-corrected chi connectivity index (χ4v) is 2.23. The Morgan fingerprint density at radius 1 is 0.889 bits per heavy atom. The zero-order valence-corrected chi connectivity index (χ0v) is 14.1. The average molecular weight is 387 g/mol. The predicted molar refractivity (Wildman–Crippen MR) is 87.5 cm³/mol. The van der Waals surface area contributed by atoms with Gasteiger partial charge in [0.1, 0.15) is 5.69 Å². The summed E-state index contributed by atoms with van der Waals surface area (Å²) < 4.78 is 66.5. The van der Waals surface area contributed by atoms with Gasteiger partial charge in [-0.05, 0) is 24.6 Å². The van der Waals surface area contributed by atoms with E-state index in [4.69, 9.17) is 0 Å². The van der Waals surface area contributed by atoms with E-state index in [0.717, 1.165) is 0 Å². The van der Waals surface area contributed by atoms with Gasteiger partial charge in [0.15, 0.2) is 23.3 Å². The molecular formula is C17H14F5N3O2. The molecule has 0 aliphatic carbocycles. The van der Waals surface area contributed by atoms with Gasteiger partial charge in [-0.2, -0.15) is 0 Å². The van der Waals surface area contributed by atoms with Crippen LogP contribution in [0, 0.1) is 29.1 Å². The summed E-state index contributed by atoms with van der Waals surface area (Å²) in [5.41, 5.74) is -0.481. The van der Waals surface area contributed by atoms with Crippen molar-refractivity contribution in [2.45, 2.75) is 19.9 Å². The lowest BCUT2D eigenvalue weighted by Crippen LogP contribution is -2.32. The van der Waals surface area contributed by atoms with Gasteiger partial charge in [-0.15, -0.1) is 0 Å². The number of hydrogen-bond donors (Lipinski definition) is 3. The molecule has 144 valence electrons. The summed E-state index contributed by atoms with van der Waals surface area (Å²) >= 11 is 0. The Morgan fingerprint density at radius 3 is 2.00 bits per heavy atom. The Balaban J connectivity index is 2.16. The van der Waals surface area contributed by atoms with Gasteiger partial charge in [-0.25, -0.2) is 26.7 Å². The summed E-state index contributed by atoms with van der Waals surface area (Å²) in [4.78, 5) is 23.0. The van der Waals surface area contributed by atoms with E-state index in [1.54, 1.807) is 29.6 Å². The van der Waals surface area contributed by atoms with Crippen molar-refractivity contribution in [3.8, 4) is 0 Å². The Morgan fingerprint density at radius 2 is 1.44 bits per heavy atom. The molecule has 1 atom stereocenters. The van der Waals surface area contributed by atoms with Crippen molar-refractivity contribution in [2.75, 3.05) is 10.6 Å². The maximum Gasteiger partial charge on any atom is 0.319 e. The Bertz CT molecular complexity index is 875. The van der Waals surface area contributed by atoms with Crippen molar-refractivity contribution in [3.63, 3.8) is 0 Å². The second-order valence-corrected chi connectivity index (χ2v) is 5.57. The van der Waals surface area contributed by atoms with E-state index in [0.29, 0.717) is 11.3 Å². The van der Waals surface area contributed by atoms with E-state index < -0.39 is 46.8 Å². The van der Waals surface area contributed by atoms with Crippen LogP contribution < -0.4 is 16.0 Å². The van der Waals surface area contributed by atoms with Gasteiger partial charge in [-0.1, -0.05) is 12.1 Å². The van der Waals surface area contributed by atoms with Crippen LogP contribution in [-0.2, 0) is 4.79 Å². The van der Waals surface area contributed by atoms with Crippen LogP contribution >= 0.6 is 0 Å². The van der Waals surface area contributed by atoms with Gasteiger partial charge < -0.3 is 16.0 Å². The van der Waals surface area contributed by atoms with E-state index in [1.165, 1.54) is 13.8 Å². The molecule has 0 aliphatic heterocycles. The maximum absolute atomic E-state index is 13.6. The molecule has 2 aromatic carbocycles. The number of halogens is 5. The van der Waals surface area contributed by atoms with Gasteiger partial charge in [0, 0.05) is 12.6 Å². The quantitative estimate of drug-likeness (QED) is 0.418. The first-order chi connectivity index (χ1) is 12.6. The summed E-state index contributed by atoms with van der Waals surface area (Å²) in [5, 5.41) is 6.46. The Kier molecular flexibility index (Phi) is 5.98. The SMILES string of the molecule is CC(=O)Nc1cccc(C(C)NC(=O)Nc2c(F)c(F)c(F)c(F)c2F)c1. The minimum absolute atomic E-state index is 0.309. The molecule has 0 aromatic heterocycles. The summed E-state index contributed by atoms with van der Waals surface area (Å²) in [6.07, 6.45) is 0. The molecule has 0 heterocycles. The molecule has 0 saturated carbocycles. The van der Waals surface area contributed by atoms with E-state index in [1.807, 2.05) is 0 Å². The lowest BCUT2D eigenvalue weighted by molar-refractivity contribution is -0.114. The van der Waals surface area contributed by atoms with Crippen molar-refractivity contribution in [1.82, 2.24) is 5.32 Å². The van der Waals surface area contributed by atoms with Gasteiger partial charge in [0.2, 0.25) is 11.7 Å². The van der Waals surface area contributed by atoms with Crippen LogP contribution in [0.4, 0.5) is 38.1 Å². The first-order valence-electron chi connectivity index (χ1n) is 7.58. The smallest absolute Gasteiger partial charge is 0.319 e. The third-order valence-corrected chi connectivity index (χ3v) is 3.50. The van der Waals surface area contributed by atoms with Crippen molar-refractivity contribution in [3.05, 3.63) is 58.9 Å². The number of amides is 3. The second-order valence-electron chi connectivity index (χ2n) is 5.57. The number of carbonyl (C=O) groups excluding carboxylic acids is 2. The Hall–Kier alpha value is -3.17. The van der Waals surface area contributed by atoms with Gasteiger partial charge in [0.05, 0.1) is 6.04 Å². The van der Waals surface area contributed by atoms with Crippen molar-refractivity contribution >= 4 is 23.3 Å². The van der Waals surface area contributed by atoms with E-state index in [-0.39, 0.29) is 5.91 Å². The topological polar surface area (TPSA) is 70.2 Å². The summed E-state index contributed by atoms with van der Waals surface area (Å²) in [5.74, 6) is -11.3. The minimum atomic E-state index is -2.32. The zero-order valence-electron chi connectivity index (χ0n) is 14.1. The average Bonchev–Trinajstić information content (AvgIpc) is 2.61. The number of rotatable bonds is 4. The monoisotopic (exact) mass is 387 g/mol. The Labute approximate surface area is 150 Å². The molecule has 2 rings (SSSR count). The molecule has 1 unspecified atom stereocenters. The number of nitrogens with one attached hydrogen (secondary N) is 3. The highest BCUT2D eigenvalue weighted by Crippen LogP contribution is 2.27. The number of benzene rings is 2.